The van der Waals surface area contributed by atoms with Gasteiger partial charge >= 0.3 is 0 Å². The number of hydrogen-bond donors (Lipinski definition) is 0. The monoisotopic (exact) mass is 334 g/mol. The van der Waals surface area contributed by atoms with E-state index in [0.717, 1.165) is 17.9 Å². The first-order chi connectivity index (χ1) is 12.3. The first-order valence-electron chi connectivity index (χ1n) is 8.61. The number of aromatic nitrogens is 5. The van der Waals surface area contributed by atoms with Crippen LogP contribution in [-0.2, 0) is 13.1 Å². The van der Waals surface area contributed by atoms with E-state index in [1.807, 2.05) is 39.9 Å². The van der Waals surface area contributed by atoms with Gasteiger partial charge in [0.1, 0.15) is 0 Å². The van der Waals surface area contributed by atoms with E-state index in [-0.39, 0.29) is 5.91 Å². The molecule has 1 aromatic carbocycles. The van der Waals surface area contributed by atoms with E-state index in [1.165, 1.54) is 29.5 Å². The van der Waals surface area contributed by atoms with Crippen LogP contribution in [0.15, 0.2) is 42.6 Å². The molecule has 0 radical (unpaired) electrons. The van der Waals surface area contributed by atoms with Gasteiger partial charge < -0.3 is 4.90 Å². The highest BCUT2D eigenvalue weighted by molar-refractivity contribution is 5.92. The van der Waals surface area contributed by atoms with Crippen LogP contribution in [0.1, 0.15) is 40.6 Å². The highest BCUT2D eigenvalue weighted by Crippen LogP contribution is 2.39. The minimum atomic E-state index is -0.0809. The predicted octanol–water partition coefficient (Wildman–Crippen LogP) is 2.00. The second-order valence-corrected chi connectivity index (χ2v) is 6.64. The Kier molecular flexibility index (Phi) is 3.19. The van der Waals surface area contributed by atoms with E-state index in [2.05, 4.69) is 21.4 Å². The van der Waals surface area contributed by atoms with Gasteiger partial charge in [-0.25, -0.2) is 0 Å². The zero-order chi connectivity index (χ0) is 16.8. The minimum Gasteiger partial charge on any atom is -0.329 e. The molecule has 5 rings (SSSR count). The molecule has 0 unspecified atom stereocenters. The van der Waals surface area contributed by atoms with Gasteiger partial charge in [-0.15, -0.1) is 5.10 Å². The van der Waals surface area contributed by atoms with Crippen LogP contribution in [0.3, 0.4) is 0 Å². The normalized spacial score (nSPS) is 16.7. The van der Waals surface area contributed by atoms with E-state index in [1.54, 1.807) is 0 Å². The van der Waals surface area contributed by atoms with Crippen LogP contribution in [0.2, 0.25) is 0 Å². The molecule has 7 heteroatoms. The molecule has 1 saturated carbocycles. The number of carbonyl (C=O) groups is 1. The number of benzene rings is 1. The van der Waals surface area contributed by atoms with Crippen molar-refractivity contribution < 1.29 is 4.79 Å². The van der Waals surface area contributed by atoms with Gasteiger partial charge in [0.25, 0.3) is 5.91 Å². The molecule has 2 aromatic heterocycles. The van der Waals surface area contributed by atoms with Gasteiger partial charge in [0, 0.05) is 12.5 Å². The average Bonchev–Trinajstić information content (AvgIpc) is 3.23. The van der Waals surface area contributed by atoms with Crippen molar-refractivity contribution in [3.63, 3.8) is 0 Å². The van der Waals surface area contributed by atoms with E-state index < -0.39 is 0 Å². The Morgan fingerprint density at radius 1 is 1.08 bits per heavy atom. The van der Waals surface area contributed by atoms with Gasteiger partial charge in [0.15, 0.2) is 5.69 Å². The van der Waals surface area contributed by atoms with Crippen LogP contribution >= 0.6 is 0 Å². The van der Waals surface area contributed by atoms with E-state index in [9.17, 15) is 4.79 Å². The number of rotatable bonds is 3. The molecular formula is C18H18N6O. The highest BCUT2D eigenvalue weighted by Gasteiger charge is 2.30. The van der Waals surface area contributed by atoms with Crippen molar-refractivity contribution in [3.05, 3.63) is 59.7 Å². The lowest BCUT2D eigenvalue weighted by atomic mass is 10.2. The first-order valence-corrected chi connectivity index (χ1v) is 8.61. The summed E-state index contributed by atoms with van der Waals surface area (Å²) < 4.78 is 2.04. The zero-order valence-corrected chi connectivity index (χ0v) is 13.7. The van der Waals surface area contributed by atoms with Crippen molar-refractivity contribution in [2.75, 3.05) is 6.54 Å². The second-order valence-electron chi connectivity index (χ2n) is 6.64. The number of amides is 1. The lowest BCUT2D eigenvalue weighted by Crippen LogP contribution is -2.38. The zero-order valence-electron chi connectivity index (χ0n) is 13.7. The maximum Gasteiger partial charge on any atom is 0.276 e. The Bertz CT molecular complexity index is 924. The minimum absolute atomic E-state index is 0.0809. The van der Waals surface area contributed by atoms with Crippen molar-refractivity contribution in [1.29, 1.82) is 0 Å². The van der Waals surface area contributed by atoms with Gasteiger partial charge in [-0.1, -0.05) is 18.2 Å². The van der Waals surface area contributed by atoms with Gasteiger partial charge in [0.05, 0.1) is 36.4 Å². The van der Waals surface area contributed by atoms with Crippen LogP contribution < -0.4 is 0 Å². The Hall–Kier alpha value is -2.96. The number of carbonyl (C=O) groups excluding carboxylic acids is 1. The van der Waals surface area contributed by atoms with E-state index >= 15 is 0 Å². The number of hydrogen-bond acceptors (Lipinski definition) is 4. The van der Waals surface area contributed by atoms with Crippen LogP contribution in [0.25, 0.3) is 5.69 Å². The third-order valence-corrected chi connectivity index (χ3v) is 4.80. The molecule has 1 fully saturated rings. The first kappa shape index (κ1) is 14.4. The Balaban J connectivity index is 1.35. The molecule has 3 aromatic rings. The summed E-state index contributed by atoms with van der Waals surface area (Å²) in [6, 6.07) is 11.7. The number of para-hydroxylation sites is 1. The molecule has 0 atom stereocenters. The lowest BCUT2D eigenvalue weighted by molar-refractivity contribution is 0.0699. The fourth-order valence-corrected chi connectivity index (χ4v) is 3.25. The largest absolute Gasteiger partial charge is 0.329 e. The van der Waals surface area contributed by atoms with Crippen molar-refractivity contribution >= 4 is 5.91 Å². The van der Waals surface area contributed by atoms with Gasteiger partial charge in [-0.3, -0.25) is 9.48 Å². The SMILES string of the molecule is O=C(c1cnn(-c2ccccc2)n1)N1CCn2nc(C3CC3)cc2C1. The van der Waals surface area contributed by atoms with Crippen LogP contribution in [0.5, 0.6) is 0 Å². The smallest absolute Gasteiger partial charge is 0.276 e. The Morgan fingerprint density at radius 3 is 2.72 bits per heavy atom. The lowest BCUT2D eigenvalue weighted by Gasteiger charge is -2.26. The van der Waals surface area contributed by atoms with Crippen molar-refractivity contribution in [2.24, 2.45) is 0 Å². The molecule has 126 valence electrons. The molecule has 0 N–H and O–H groups in total. The van der Waals surface area contributed by atoms with Crippen molar-refractivity contribution in [2.45, 2.75) is 31.8 Å². The summed E-state index contributed by atoms with van der Waals surface area (Å²) in [5, 5.41) is 13.2. The summed E-state index contributed by atoms with van der Waals surface area (Å²) in [6.07, 6.45) is 4.01. The van der Waals surface area contributed by atoms with E-state index in [4.69, 9.17) is 0 Å². The van der Waals surface area contributed by atoms with Gasteiger partial charge in [0.2, 0.25) is 0 Å². The molecule has 0 saturated heterocycles. The maximum absolute atomic E-state index is 12.8. The average molecular weight is 334 g/mol. The summed E-state index contributed by atoms with van der Waals surface area (Å²) in [6.45, 7) is 1.97. The summed E-state index contributed by atoms with van der Waals surface area (Å²) in [5.41, 5.74) is 3.50. The molecule has 7 nitrogen and oxygen atoms in total. The van der Waals surface area contributed by atoms with Crippen LogP contribution in [0, 0.1) is 0 Å². The molecule has 1 amide bonds. The van der Waals surface area contributed by atoms with Gasteiger partial charge in [-0.05, 0) is 31.0 Å². The molecule has 1 aliphatic carbocycles. The number of fused-ring (bicyclic) bond motifs is 1. The van der Waals surface area contributed by atoms with Crippen LogP contribution in [-0.4, -0.2) is 42.1 Å². The summed E-state index contributed by atoms with van der Waals surface area (Å²) in [5.74, 6) is 0.552. The molecule has 2 aliphatic rings. The Morgan fingerprint density at radius 2 is 1.92 bits per heavy atom. The fourth-order valence-electron chi connectivity index (χ4n) is 3.25. The third-order valence-electron chi connectivity index (χ3n) is 4.80. The standard InChI is InChI=1S/C18H18N6O/c25-18(17-11-19-24(21-17)14-4-2-1-3-5-14)22-8-9-23-15(12-22)10-16(20-23)13-6-7-13/h1-5,10-11,13H,6-9,12H2. The Labute approximate surface area is 144 Å². The topological polar surface area (TPSA) is 68.8 Å². The van der Waals surface area contributed by atoms with Gasteiger partial charge in [-0.2, -0.15) is 15.0 Å². The second kappa shape index (κ2) is 5.54. The number of nitrogens with zero attached hydrogens (tertiary/aromatic N) is 6. The molecule has 25 heavy (non-hydrogen) atoms. The van der Waals surface area contributed by atoms with E-state index in [0.29, 0.717) is 24.7 Å². The maximum atomic E-state index is 12.8. The molecule has 3 heterocycles. The van der Waals surface area contributed by atoms with Crippen molar-refractivity contribution in [1.82, 2.24) is 29.7 Å². The quantitative estimate of drug-likeness (QED) is 0.735. The molecular weight excluding hydrogens is 316 g/mol. The summed E-state index contributed by atoms with van der Waals surface area (Å²) in [7, 11) is 0. The molecule has 0 spiro atoms. The highest BCUT2D eigenvalue weighted by atomic mass is 16.2. The fraction of sp³-hybridized carbons (Fsp3) is 0.333. The summed E-state index contributed by atoms with van der Waals surface area (Å²) >= 11 is 0. The van der Waals surface area contributed by atoms with Crippen molar-refractivity contribution in [3.8, 4) is 5.69 Å². The van der Waals surface area contributed by atoms with Crippen LogP contribution in [0.4, 0.5) is 0 Å². The molecule has 0 bridgehead atoms. The molecule has 1 aliphatic heterocycles. The summed E-state index contributed by atoms with van der Waals surface area (Å²) in [4.78, 5) is 16.1. The predicted molar refractivity (Wildman–Crippen MR) is 90.3 cm³/mol. The third kappa shape index (κ3) is 2.61.